The lowest BCUT2D eigenvalue weighted by Crippen LogP contribution is -1.96. The van der Waals surface area contributed by atoms with Crippen LogP contribution in [0.5, 0.6) is 0 Å². The highest BCUT2D eigenvalue weighted by atomic mass is 32.2. The van der Waals surface area contributed by atoms with Gasteiger partial charge in [0.25, 0.3) is 0 Å². The summed E-state index contributed by atoms with van der Waals surface area (Å²) in [7, 11) is 0. The van der Waals surface area contributed by atoms with Crippen LogP contribution in [0.25, 0.3) is 0 Å². The predicted octanol–water partition coefficient (Wildman–Crippen LogP) is 2.90. The molecule has 4 nitrogen and oxygen atoms in total. The second-order valence-electron chi connectivity index (χ2n) is 2.96. The number of nitrogens with zero attached hydrogens (tertiary/aromatic N) is 2. The molecule has 0 amide bonds. The van der Waals surface area contributed by atoms with Gasteiger partial charge in [0.15, 0.2) is 4.34 Å². The van der Waals surface area contributed by atoms with E-state index in [4.69, 9.17) is 5.11 Å². The maximum absolute atomic E-state index is 10.9. The van der Waals surface area contributed by atoms with E-state index in [2.05, 4.69) is 10.2 Å². The Morgan fingerprint density at radius 2 is 2.38 bits per heavy atom. The number of rotatable bonds is 4. The van der Waals surface area contributed by atoms with E-state index in [0.717, 1.165) is 14.9 Å². The molecule has 0 aliphatic heterocycles. The molecule has 1 N–H and O–H groups in total. The smallest absolute Gasteiger partial charge is 0.346 e. The third kappa shape index (κ3) is 2.60. The lowest BCUT2D eigenvalue weighted by atomic mass is 10.3. The van der Waals surface area contributed by atoms with Crippen molar-refractivity contribution in [2.45, 2.75) is 17.0 Å². The SMILES string of the molecule is Cc1nnc(SCc2ccsc2C(=O)O)s1. The van der Waals surface area contributed by atoms with Gasteiger partial charge in [0.2, 0.25) is 0 Å². The summed E-state index contributed by atoms with van der Waals surface area (Å²) in [5, 5.41) is 19.5. The van der Waals surface area contributed by atoms with E-state index < -0.39 is 5.97 Å². The number of carboxylic acid groups (broad SMARTS) is 1. The molecule has 0 spiro atoms. The Hall–Kier alpha value is -0.920. The molecular formula is C9H8N2O2S3. The zero-order chi connectivity index (χ0) is 11.5. The molecule has 0 fully saturated rings. The van der Waals surface area contributed by atoms with Gasteiger partial charge in [-0.2, -0.15) is 0 Å². The quantitative estimate of drug-likeness (QED) is 0.867. The molecule has 2 rings (SSSR count). The fraction of sp³-hybridized carbons (Fsp3) is 0.222. The topological polar surface area (TPSA) is 63.1 Å². The molecule has 0 bridgehead atoms. The average Bonchev–Trinajstić information content (AvgIpc) is 2.83. The number of hydrogen-bond donors (Lipinski definition) is 1. The lowest BCUT2D eigenvalue weighted by Gasteiger charge is -1.96. The molecule has 0 aromatic carbocycles. The van der Waals surface area contributed by atoms with Crippen LogP contribution in [0.4, 0.5) is 0 Å². The molecule has 2 aromatic heterocycles. The molecule has 0 aliphatic rings. The number of thioether (sulfide) groups is 1. The zero-order valence-corrected chi connectivity index (χ0v) is 10.8. The highest BCUT2D eigenvalue weighted by molar-refractivity contribution is 8.00. The maximum atomic E-state index is 10.9. The first kappa shape index (κ1) is 11.6. The zero-order valence-electron chi connectivity index (χ0n) is 8.34. The van der Waals surface area contributed by atoms with Crippen LogP contribution in [0.2, 0.25) is 0 Å². The van der Waals surface area contributed by atoms with Crippen molar-refractivity contribution in [3.05, 3.63) is 26.9 Å². The van der Waals surface area contributed by atoms with E-state index in [1.807, 2.05) is 13.0 Å². The van der Waals surface area contributed by atoms with Crippen LogP contribution < -0.4 is 0 Å². The Morgan fingerprint density at radius 3 is 3.00 bits per heavy atom. The van der Waals surface area contributed by atoms with Gasteiger partial charge in [-0.3, -0.25) is 0 Å². The molecule has 0 aliphatic carbocycles. The van der Waals surface area contributed by atoms with E-state index in [-0.39, 0.29) is 0 Å². The first-order chi connectivity index (χ1) is 7.66. The summed E-state index contributed by atoms with van der Waals surface area (Å²) in [5.74, 6) is -0.237. The summed E-state index contributed by atoms with van der Waals surface area (Å²) in [6.07, 6.45) is 0. The normalized spacial score (nSPS) is 10.6. The van der Waals surface area contributed by atoms with Crippen LogP contribution in [0.1, 0.15) is 20.2 Å². The Morgan fingerprint density at radius 1 is 1.56 bits per heavy atom. The predicted molar refractivity (Wildman–Crippen MR) is 65.5 cm³/mol. The van der Waals surface area contributed by atoms with Gasteiger partial charge in [-0.25, -0.2) is 4.79 Å². The average molecular weight is 272 g/mol. The molecule has 0 unspecified atom stereocenters. The largest absolute Gasteiger partial charge is 0.477 e. The second-order valence-corrected chi connectivity index (χ2v) is 6.28. The summed E-state index contributed by atoms with van der Waals surface area (Å²) < 4.78 is 0.875. The van der Waals surface area contributed by atoms with Crippen LogP contribution in [0, 0.1) is 6.92 Å². The van der Waals surface area contributed by atoms with Gasteiger partial charge < -0.3 is 5.11 Å². The number of carbonyl (C=O) groups is 1. The van der Waals surface area contributed by atoms with Crippen molar-refractivity contribution in [1.82, 2.24) is 10.2 Å². The van der Waals surface area contributed by atoms with Gasteiger partial charge >= 0.3 is 5.97 Å². The molecule has 2 heterocycles. The first-order valence-corrected chi connectivity index (χ1v) is 7.07. The van der Waals surface area contributed by atoms with Gasteiger partial charge in [0, 0.05) is 5.75 Å². The van der Waals surface area contributed by atoms with Crippen molar-refractivity contribution >= 4 is 40.4 Å². The van der Waals surface area contributed by atoms with E-state index in [0.29, 0.717) is 10.6 Å². The number of aromatic nitrogens is 2. The molecule has 2 aromatic rings. The number of aryl methyl sites for hydroxylation is 1. The van der Waals surface area contributed by atoms with Gasteiger partial charge in [0.1, 0.15) is 9.88 Å². The third-order valence-corrected chi connectivity index (χ3v) is 4.77. The van der Waals surface area contributed by atoms with Crippen molar-refractivity contribution in [2.24, 2.45) is 0 Å². The number of carboxylic acids is 1. The Balaban J connectivity index is 2.04. The summed E-state index contributed by atoms with van der Waals surface area (Å²) >= 11 is 4.29. The highest BCUT2D eigenvalue weighted by Crippen LogP contribution is 2.28. The monoisotopic (exact) mass is 272 g/mol. The van der Waals surface area contributed by atoms with E-state index in [1.54, 1.807) is 5.38 Å². The van der Waals surface area contributed by atoms with Crippen molar-refractivity contribution < 1.29 is 9.90 Å². The van der Waals surface area contributed by atoms with Gasteiger partial charge in [0.05, 0.1) is 0 Å². The minimum atomic E-state index is -0.862. The summed E-state index contributed by atoms with van der Waals surface area (Å²) in [5.41, 5.74) is 0.843. The van der Waals surface area contributed by atoms with Crippen LogP contribution in [0.15, 0.2) is 15.8 Å². The van der Waals surface area contributed by atoms with E-state index >= 15 is 0 Å². The molecule has 0 atom stereocenters. The van der Waals surface area contributed by atoms with Crippen molar-refractivity contribution in [1.29, 1.82) is 0 Å². The molecule has 7 heteroatoms. The summed E-state index contributed by atoms with van der Waals surface area (Å²) in [6, 6.07) is 1.84. The van der Waals surface area contributed by atoms with Crippen molar-refractivity contribution in [3.63, 3.8) is 0 Å². The van der Waals surface area contributed by atoms with E-state index in [9.17, 15) is 4.79 Å². The molecule has 16 heavy (non-hydrogen) atoms. The number of aromatic carboxylic acids is 1. The van der Waals surface area contributed by atoms with Crippen LogP contribution >= 0.6 is 34.4 Å². The lowest BCUT2D eigenvalue weighted by molar-refractivity contribution is 0.0701. The van der Waals surface area contributed by atoms with Crippen molar-refractivity contribution in [2.75, 3.05) is 0 Å². The maximum Gasteiger partial charge on any atom is 0.346 e. The number of hydrogen-bond acceptors (Lipinski definition) is 6. The molecular weight excluding hydrogens is 264 g/mol. The minimum absolute atomic E-state index is 0.411. The molecule has 0 saturated carbocycles. The second kappa shape index (κ2) is 4.94. The molecule has 0 saturated heterocycles. The Labute approximate surface area is 104 Å². The van der Waals surface area contributed by atoms with Gasteiger partial charge in [-0.05, 0) is 23.9 Å². The number of thiophene rings is 1. The van der Waals surface area contributed by atoms with Gasteiger partial charge in [-0.15, -0.1) is 21.5 Å². The molecule has 84 valence electrons. The highest BCUT2D eigenvalue weighted by Gasteiger charge is 2.12. The molecule has 0 radical (unpaired) electrons. The van der Waals surface area contributed by atoms with E-state index in [1.165, 1.54) is 34.4 Å². The summed E-state index contributed by atoms with van der Waals surface area (Å²) in [4.78, 5) is 11.3. The van der Waals surface area contributed by atoms with Crippen molar-refractivity contribution in [3.8, 4) is 0 Å². The summed E-state index contributed by atoms with van der Waals surface area (Å²) in [6.45, 7) is 1.90. The Kier molecular flexibility index (Phi) is 3.57. The fourth-order valence-electron chi connectivity index (χ4n) is 1.11. The first-order valence-electron chi connectivity index (χ1n) is 4.39. The van der Waals surface area contributed by atoms with Gasteiger partial charge in [-0.1, -0.05) is 23.1 Å². The van der Waals surface area contributed by atoms with Crippen LogP contribution in [-0.2, 0) is 5.75 Å². The van der Waals surface area contributed by atoms with Crippen LogP contribution in [0.3, 0.4) is 0 Å². The standard InChI is InChI=1S/C9H8N2O2S3/c1-5-10-11-9(16-5)15-4-6-2-3-14-7(6)8(12)13/h2-3H,4H2,1H3,(H,12,13). The van der Waals surface area contributed by atoms with Crippen LogP contribution in [-0.4, -0.2) is 21.3 Å². The Bertz CT molecular complexity index is 506. The fourth-order valence-corrected chi connectivity index (χ4v) is 3.77. The third-order valence-electron chi connectivity index (χ3n) is 1.80. The minimum Gasteiger partial charge on any atom is -0.477 e.